The third kappa shape index (κ3) is 3.49. The first kappa shape index (κ1) is 15.7. The highest BCUT2D eigenvalue weighted by atomic mass is 32.6. The molecule has 0 amide bonds. The summed E-state index contributed by atoms with van der Waals surface area (Å²) in [5.74, 6) is 0.323. The first-order valence-corrected chi connectivity index (χ1v) is 13.0. The van der Waals surface area contributed by atoms with Crippen molar-refractivity contribution in [3.8, 4) is 0 Å². The minimum atomic E-state index is -0.405. The molecular weight excluding hydrogens is 310 g/mol. The number of ketones is 1. The standard InChI is InChI=1S/C13H19NOP4/c1-2-3-4-10-6-5-9-7-8-14-13(19(17)18-16)11(9)12(10)15/h5-8,10,18H,2-4,16-17H2,1H3. The van der Waals surface area contributed by atoms with Crippen LogP contribution in [0.4, 0.5) is 0 Å². The Labute approximate surface area is 122 Å². The third-order valence-electron chi connectivity index (χ3n) is 3.29. The number of hydrogen-bond donors (Lipinski definition) is 0. The molecule has 1 heterocycles. The predicted molar refractivity (Wildman–Crippen MR) is 94.9 cm³/mol. The number of nitrogens with zero attached hydrogens (tertiary/aromatic N) is 1. The number of carbonyl (C=O) groups excluding carboxylic acids is 1. The second-order valence-electron chi connectivity index (χ2n) is 4.57. The molecule has 1 aromatic rings. The van der Waals surface area contributed by atoms with E-state index >= 15 is 0 Å². The Balaban J connectivity index is 2.37. The predicted octanol–water partition coefficient (Wildman–Crippen LogP) is 4.38. The van der Waals surface area contributed by atoms with E-state index in [0.29, 0.717) is 0 Å². The van der Waals surface area contributed by atoms with Gasteiger partial charge in [-0.25, -0.2) is 0 Å². The van der Waals surface area contributed by atoms with E-state index in [1.807, 2.05) is 12.3 Å². The summed E-state index contributed by atoms with van der Waals surface area (Å²) in [7, 11) is 5.95. The zero-order valence-electron chi connectivity index (χ0n) is 11.0. The van der Waals surface area contributed by atoms with Crippen LogP contribution in [-0.2, 0) is 0 Å². The van der Waals surface area contributed by atoms with Crippen LogP contribution in [0.2, 0.25) is 0 Å². The van der Waals surface area contributed by atoms with Gasteiger partial charge in [0.2, 0.25) is 0 Å². The molecule has 0 aliphatic heterocycles. The van der Waals surface area contributed by atoms with Gasteiger partial charge in [0.05, 0.1) is 11.0 Å². The first-order chi connectivity index (χ1) is 9.19. The van der Waals surface area contributed by atoms with Gasteiger partial charge in [0.25, 0.3) is 0 Å². The van der Waals surface area contributed by atoms with Crippen LogP contribution in [0.5, 0.6) is 0 Å². The van der Waals surface area contributed by atoms with E-state index in [4.69, 9.17) is 0 Å². The van der Waals surface area contributed by atoms with E-state index in [1.54, 1.807) is 0 Å². The third-order valence-corrected chi connectivity index (χ3v) is 13.1. The van der Waals surface area contributed by atoms with Crippen molar-refractivity contribution >= 4 is 50.4 Å². The van der Waals surface area contributed by atoms with E-state index < -0.39 is 7.30 Å². The molecule has 1 aliphatic rings. The fourth-order valence-electron chi connectivity index (χ4n) is 2.24. The quantitative estimate of drug-likeness (QED) is 0.751. The highest BCUT2D eigenvalue weighted by Gasteiger charge is 2.27. The Morgan fingerprint density at radius 3 is 3.00 bits per heavy atom. The largest absolute Gasteiger partial charge is 0.293 e. The molecule has 19 heavy (non-hydrogen) atoms. The van der Waals surface area contributed by atoms with Crippen LogP contribution in [0.15, 0.2) is 18.3 Å². The Hall–Kier alpha value is 0.280. The van der Waals surface area contributed by atoms with E-state index in [-0.39, 0.29) is 11.7 Å². The number of carbonyl (C=O) groups is 1. The van der Waals surface area contributed by atoms with Gasteiger partial charge in [-0.05, 0) is 25.3 Å². The van der Waals surface area contributed by atoms with E-state index in [2.05, 4.69) is 41.9 Å². The molecule has 6 heteroatoms. The smallest absolute Gasteiger partial charge is 0.172 e. The lowest BCUT2D eigenvalue weighted by atomic mass is 9.86. The van der Waals surface area contributed by atoms with Gasteiger partial charge in [0.15, 0.2) is 5.78 Å². The van der Waals surface area contributed by atoms with Crippen molar-refractivity contribution in [2.24, 2.45) is 5.92 Å². The van der Waals surface area contributed by atoms with Crippen LogP contribution in [0.3, 0.4) is 0 Å². The van der Waals surface area contributed by atoms with Gasteiger partial charge in [-0.2, -0.15) is 0 Å². The van der Waals surface area contributed by atoms with Crippen molar-refractivity contribution in [1.82, 2.24) is 4.98 Å². The van der Waals surface area contributed by atoms with E-state index in [1.165, 1.54) is 0 Å². The number of rotatable bonds is 5. The highest BCUT2D eigenvalue weighted by molar-refractivity contribution is 8.63. The molecule has 1 aliphatic carbocycles. The van der Waals surface area contributed by atoms with Gasteiger partial charge in [0.1, 0.15) is 0 Å². The summed E-state index contributed by atoms with van der Waals surface area (Å²) in [5, 5.41) is 0. The van der Waals surface area contributed by atoms with Crippen molar-refractivity contribution < 1.29 is 4.79 Å². The second kappa shape index (κ2) is 7.33. The van der Waals surface area contributed by atoms with Crippen LogP contribution < -0.4 is 5.44 Å². The van der Waals surface area contributed by atoms with Crippen LogP contribution in [0.1, 0.15) is 42.1 Å². The average molecular weight is 329 g/mol. The average Bonchev–Trinajstić information content (AvgIpc) is 2.45. The number of hydrogen-bond acceptors (Lipinski definition) is 2. The van der Waals surface area contributed by atoms with Crippen LogP contribution >= 0.6 is 33.1 Å². The van der Waals surface area contributed by atoms with Gasteiger partial charge < -0.3 is 0 Å². The van der Waals surface area contributed by atoms with Gasteiger partial charge in [0, 0.05) is 12.1 Å². The molecule has 2 nitrogen and oxygen atoms in total. The van der Waals surface area contributed by atoms with Crippen LogP contribution in [0.25, 0.3) is 6.08 Å². The zero-order valence-corrected chi connectivity index (χ0v) is 15.2. The van der Waals surface area contributed by atoms with Crippen molar-refractivity contribution in [1.29, 1.82) is 0 Å². The maximum atomic E-state index is 12.7. The monoisotopic (exact) mass is 329 g/mol. The van der Waals surface area contributed by atoms with Crippen molar-refractivity contribution in [3.63, 3.8) is 0 Å². The molecule has 0 N–H and O–H groups in total. The normalized spacial score (nSPS) is 19.9. The van der Waals surface area contributed by atoms with Crippen molar-refractivity contribution in [2.45, 2.75) is 26.2 Å². The summed E-state index contributed by atoms with van der Waals surface area (Å²) in [6.45, 7) is 2.16. The Morgan fingerprint density at radius 2 is 2.32 bits per heavy atom. The molecule has 0 aromatic carbocycles. The lowest BCUT2D eigenvalue weighted by molar-refractivity contribution is 0.0938. The summed E-state index contributed by atoms with van der Waals surface area (Å²) in [5.41, 5.74) is 2.92. The minimum Gasteiger partial charge on any atom is -0.293 e. The molecule has 0 bridgehead atoms. The molecule has 1 aromatic heterocycles. The van der Waals surface area contributed by atoms with E-state index in [0.717, 1.165) is 43.8 Å². The maximum absolute atomic E-state index is 12.7. The molecule has 2 rings (SSSR count). The van der Waals surface area contributed by atoms with Crippen LogP contribution in [-0.4, -0.2) is 10.8 Å². The minimum absolute atomic E-state index is 0.0524. The summed E-state index contributed by atoms with van der Waals surface area (Å²) in [4.78, 5) is 17.1. The van der Waals surface area contributed by atoms with Crippen LogP contribution in [0, 0.1) is 5.92 Å². The Morgan fingerprint density at radius 1 is 1.53 bits per heavy atom. The lowest BCUT2D eigenvalue weighted by Crippen LogP contribution is -2.25. The highest BCUT2D eigenvalue weighted by Crippen LogP contribution is 2.65. The topological polar surface area (TPSA) is 30.0 Å². The summed E-state index contributed by atoms with van der Waals surface area (Å²) < 4.78 is 0. The number of pyridine rings is 1. The first-order valence-electron chi connectivity index (χ1n) is 6.41. The molecule has 5 atom stereocenters. The summed E-state index contributed by atoms with van der Waals surface area (Å²) in [6, 6.07) is 1.95. The molecule has 0 radical (unpaired) electrons. The number of Topliss-reactive ketones (excluding diaryl/α,β-unsaturated/α-hetero) is 1. The molecule has 0 saturated carbocycles. The van der Waals surface area contributed by atoms with Crippen molar-refractivity contribution in [2.75, 3.05) is 0 Å². The Kier molecular flexibility index (Phi) is 6.05. The fourth-order valence-corrected chi connectivity index (χ4v) is 5.60. The SMILES string of the molecule is CCCCC1C=Cc2ccnc(P(P)PP)c2C1=O. The number of aromatic nitrogens is 1. The number of fused-ring (bicyclic) bond motifs is 1. The Bertz CT molecular complexity index is 503. The van der Waals surface area contributed by atoms with E-state index in [9.17, 15) is 4.79 Å². The van der Waals surface area contributed by atoms with Gasteiger partial charge in [-0.1, -0.05) is 39.9 Å². The molecule has 0 spiro atoms. The summed E-state index contributed by atoms with van der Waals surface area (Å²) in [6.07, 6.45) is 9.18. The molecule has 5 unspecified atom stereocenters. The van der Waals surface area contributed by atoms with Gasteiger partial charge in [-0.15, -0.1) is 17.9 Å². The molecule has 102 valence electrons. The molecular formula is C13H19NOP4. The van der Waals surface area contributed by atoms with Gasteiger partial charge >= 0.3 is 0 Å². The lowest BCUT2D eigenvalue weighted by Gasteiger charge is -2.22. The number of allylic oxidation sites excluding steroid dienone is 1. The molecule has 0 saturated heterocycles. The zero-order chi connectivity index (χ0) is 13.8. The molecule has 0 fully saturated rings. The second-order valence-corrected chi connectivity index (χ2v) is 13.6. The maximum Gasteiger partial charge on any atom is 0.172 e. The fraction of sp³-hybridized carbons (Fsp3) is 0.385. The van der Waals surface area contributed by atoms with Crippen molar-refractivity contribution in [3.05, 3.63) is 29.5 Å². The van der Waals surface area contributed by atoms with Gasteiger partial charge in [-0.3, -0.25) is 9.78 Å². The number of unbranched alkanes of at least 4 members (excludes halogenated alkanes) is 1. The summed E-state index contributed by atoms with van der Waals surface area (Å²) >= 11 is 0.